The lowest BCUT2D eigenvalue weighted by Crippen LogP contribution is -2.17. The van der Waals surface area contributed by atoms with E-state index in [9.17, 15) is 13.2 Å². The number of aryl methyl sites for hydroxylation is 1. The van der Waals surface area contributed by atoms with Crippen molar-refractivity contribution in [3.8, 4) is 11.4 Å². The zero-order valence-corrected chi connectivity index (χ0v) is 11.9. The highest BCUT2D eigenvalue weighted by molar-refractivity contribution is 5.41. The summed E-state index contributed by atoms with van der Waals surface area (Å²) in [6.45, 7) is 5.59. The van der Waals surface area contributed by atoms with Crippen LogP contribution in [0.1, 0.15) is 29.9 Å². The maximum absolute atomic E-state index is 12.1. The quantitative estimate of drug-likeness (QED) is 0.945. The van der Waals surface area contributed by atoms with E-state index in [-0.39, 0.29) is 11.8 Å². The summed E-state index contributed by atoms with van der Waals surface area (Å²) < 4.78 is 41.9. The molecule has 0 aliphatic rings. The Kier molecular flexibility index (Phi) is 3.95. The molecule has 1 atom stereocenters. The van der Waals surface area contributed by atoms with Crippen molar-refractivity contribution in [1.29, 1.82) is 0 Å². The number of aromatic nitrogens is 2. The Morgan fingerprint density at radius 1 is 1.19 bits per heavy atom. The number of halogens is 3. The van der Waals surface area contributed by atoms with Crippen molar-refractivity contribution in [3.05, 3.63) is 41.2 Å². The van der Waals surface area contributed by atoms with E-state index in [0.717, 1.165) is 17.0 Å². The average Bonchev–Trinajstić information content (AvgIpc) is 2.63. The van der Waals surface area contributed by atoms with Crippen molar-refractivity contribution in [2.24, 2.45) is 5.73 Å². The molecule has 4 nitrogen and oxygen atoms in total. The summed E-state index contributed by atoms with van der Waals surface area (Å²) in [7, 11) is 0. The fourth-order valence-corrected chi connectivity index (χ4v) is 2.35. The third-order valence-corrected chi connectivity index (χ3v) is 3.12. The monoisotopic (exact) mass is 299 g/mol. The molecule has 1 unspecified atom stereocenters. The van der Waals surface area contributed by atoms with E-state index in [1.165, 1.54) is 24.3 Å². The highest BCUT2D eigenvalue weighted by atomic mass is 19.4. The normalized spacial score (nSPS) is 13.3. The Hall–Kier alpha value is -2.02. The molecule has 0 radical (unpaired) electrons. The van der Waals surface area contributed by atoms with Crippen LogP contribution in [0.3, 0.4) is 0 Å². The summed E-state index contributed by atoms with van der Waals surface area (Å²) in [6.07, 6.45) is -4.69. The second-order valence-electron chi connectivity index (χ2n) is 4.83. The number of hydrogen-bond acceptors (Lipinski definition) is 3. The first-order valence-electron chi connectivity index (χ1n) is 6.37. The van der Waals surface area contributed by atoms with Gasteiger partial charge in [-0.05, 0) is 45.0 Å². The Balaban J connectivity index is 2.34. The second-order valence-corrected chi connectivity index (χ2v) is 4.83. The summed E-state index contributed by atoms with van der Waals surface area (Å²) >= 11 is 0. The first-order chi connectivity index (χ1) is 9.69. The third kappa shape index (κ3) is 3.36. The van der Waals surface area contributed by atoms with Gasteiger partial charge in [0.25, 0.3) is 0 Å². The predicted molar refractivity (Wildman–Crippen MR) is 72.3 cm³/mol. The van der Waals surface area contributed by atoms with Crippen LogP contribution in [0, 0.1) is 13.8 Å². The van der Waals surface area contributed by atoms with Crippen LogP contribution in [0.4, 0.5) is 13.2 Å². The number of nitrogens with zero attached hydrogens (tertiary/aromatic N) is 2. The zero-order valence-electron chi connectivity index (χ0n) is 11.9. The number of alkyl halides is 3. The van der Waals surface area contributed by atoms with Gasteiger partial charge in [-0.15, -0.1) is 13.2 Å². The summed E-state index contributed by atoms with van der Waals surface area (Å²) in [5.74, 6) is -0.264. The van der Waals surface area contributed by atoms with Crippen molar-refractivity contribution >= 4 is 0 Å². The standard InChI is InChI=1S/C14H16F3N3O/c1-8(18)13-9(2)19-20(10(13)3)11-4-6-12(7-5-11)21-14(15,16)17/h4-8H,18H2,1-3H3. The van der Waals surface area contributed by atoms with Crippen LogP contribution in [0.2, 0.25) is 0 Å². The van der Waals surface area contributed by atoms with Gasteiger partial charge in [-0.3, -0.25) is 0 Å². The average molecular weight is 299 g/mol. The highest BCUT2D eigenvalue weighted by Crippen LogP contribution is 2.26. The van der Waals surface area contributed by atoms with Crippen LogP contribution >= 0.6 is 0 Å². The van der Waals surface area contributed by atoms with Crippen molar-refractivity contribution in [1.82, 2.24) is 9.78 Å². The lowest BCUT2D eigenvalue weighted by Gasteiger charge is -2.10. The van der Waals surface area contributed by atoms with Gasteiger partial charge in [-0.1, -0.05) is 0 Å². The van der Waals surface area contributed by atoms with Crippen LogP contribution in [0.5, 0.6) is 5.75 Å². The molecule has 1 aromatic carbocycles. The molecule has 114 valence electrons. The first-order valence-corrected chi connectivity index (χ1v) is 6.37. The molecule has 2 aromatic rings. The fraction of sp³-hybridized carbons (Fsp3) is 0.357. The fourth-order valence-electron chi connectivity index (χ4n) is 2.35. The van der Waals surface area contributed by atoms with Gasteiger partial charge >= 0.3 is 6.36 Å². The second kappa shape index (κ2) is 5.40. The Morgan fingerprint density at radius 2 is 1.76 bits per heavy atom. The largest absolute Gasteiger partial charge is 0.573 e. The lowest BCUT2D eigenvalue weighted by molar-refractivity contribution is -0.274. The van der Waals surface area contributed by atoms with E-state index in [0.29, 0.717) is 5.69 Å². The van der Waals surface area contributed by atoms with Crippen LogP contribution in [-0.4, -0.2) is 16.1 Å². The maximum Gasteiger partial charge on any atom is 0.573 e. The summed E-state index contributed by atoms with van der Waals surface area (Å²) in [5.41, 5.74) is 9.16. The molecule has 2 rings (SSSR count). The summed E-state index contributed by atoms with van der Waals surface area (Å²) in [5, 5.41) is 4.38. The molecule has 21 heavy (non-hydrogen) atoms. The molecular weight excluding hydrogens is 283 g/mol. The molecule has 7 heteroatoms. The number of nitrogens with two attached hydrogens (primary N) is 1. The summed E-state index contributed by atoms with van der Waals surface area (Å²) in [6, 6.07) is 5.39. The van der Waals surface area contributed by atoms with Gasteiger partial charge in [0.2, 0.25) is 0 Å². The molecule has 0 bridgehead atoms. The molecule has 0 aliphatic carbocycles. The van der Waals surface area contributed by atoms with Gasteiger partial charge in [0.05, 0.1) is 11.4 Å². The summed E-state index contributed by atoms with van der Waals surface area (Å²) in [4.78, 5) is 0. The van der Waals surface area contributed by atoms with Crippen LogP contribution in [-0.2, 0) is 0 Å². The van der Waals surface area contributed by atoms with E-state index in [1.807, 2.05) is 20.8 Å². The van der Waals surface area contributed by atoms with Gasteiger partial charge in [-0.25, -0.2) is 4.68 Å². The minimum atomic E-state index is -4.69. The molecule has 0 fully saturated rings. The molecule has 0 amide bonds. The number of benzene rings is 1. The van der Waals surface area contributed by atoms with Gasteiger partial charge < -0.3 is 10.5 Å². The molecule has 0 saturated heterocycles. The van der Waals surface area contributed by atoms with E-state index in [1.54, 1.807) is 4.68 Å². The molecule has 0 saturated carbocycles. The highest BCUT2D eigenvalue weighted by Gasteiger charge is 2.31. The molecule has 1 aromatic heterocycles. The SMILES string of the molecule is Cc1nn(-c2ccc(OC(F)(F)F)cc2)c(C)c1C(C)N. The lowest BCUT2D eigenvalue weighted by atomic mass is 10.1. The Morgan fingerprint density at radius 3 is 2.19 bits per heavy atom. The maximum atomic E-state index is 12.1. The van der Waals surface area contributed by atoms with Gasteiger partial charge in [-0.2, -0.15) is 5.10 Å². The van der Waals surface area contributed by atoms with E-state index in [2.05, 4.69) is 9.84 Å². The molecular formula is C14H16F3N3O. The van der Waals surface area contributed by atoms with Crippen molar-refractivity contribution in [3.63, 3.8) is 0 Å². The molecule has 1 heterocycles. The Bertz CT molecular complexity index is 630. The number of ether oxygens (including phenoxy) is 1. The zero-order chi connectivity index (χ0) is 15.8. The number of hydrogen-bond donors (Lipinski definition) is 1. The van der Waals surface area contributed by atoms with Gasteiger partial charge in [0.1, 0.15) is 5.75 Å². The third-order valence-electron chi connectivity index (χ3n) is 3.12. The predicted octanol–water partition coefficient (Wildman–Crippen LogP) is 3.41. The molecule has 0 spiro atoms. The van der Waals surface area contributed by atoms with E-state index >= 15 is 0 Å². The molecule has 2 N–H and O–H groups in total. The van der Waals surface area contributed by atoms with Gasteiger partial charge in [0.15, 0.2) is 0 Å². The van der Waals surface area contributed by atoms with Crippen molar-refractivity contribution in [2.75, 3.05) is 0 Å². The topological polar surface area (TPSA) is 53.1 Å². The van der Waals surface area contributed by atoms with Crippen LogP contribution in [0.25, 0.3) is 5.69 Å². The van der Waals surface area contributed by atoms with Crippen LogP contribution in [0.15, 0.2) is 24.3 Å². The number of rotatable bonds is 3. The van der Waals surface area contributed by atoms with Crippen molar-refractivity contribution < 1.29 is 17.9 Å². The van der Waals surface area contributed by atoms with Crippen molar-refractivity contribution in [2.45, 2.75) is 33.2 Å². The first kappa shape index (κ1) is 15.4. The van der Waals surface area contributed by atoms with E-state index in [4.69, 9.17) is 5.73 Å². The minimum absolute atomic E-state index is 0.161. The molecule has 0 aliphatic heterocycles. The van der Waals surface area contributed by atoms with Gasteiger partial charge in [0, 0.05) is 17.3 Å². The van der Waals surface area contributed by atoms with E-state index < -0.39 is 6.36 Å². The Labute approximate surface area is 120 Å². The smallest absolute Gasteiger partial charge is 0.406 e. The van der Waals surface area contributed by atoms with Crippen LogP contribution < -0.4 is 10.5 Å². The minimum Gasteiger partial charge on any atom is -0.406 e.